The van der Waals surface area contributed by atoms with Gasteiger partial charge < -0.3 is 4.98 Å². The molecule has 7 heteroatoms. The van der Waals surface area contributed by atoms with Crippen LogP contribution in [0, 0.1) is 6.92 Å². The van der Waals surface area contributed by atoms with Gasteiger partial charge in [0.25, 0.3) is 0 Å². The van der Waals surface area contributed by atoms with E-state index in [1.165, 1.54) is 11.1 Å². The fourth-order valence-corrected chi connectivity index (χ4v) is 3.42. The summed E-state index contributed by atoms with van der Waals surface area (Å²) < 4.78 is 0. The molecule has 2 aromatic carbocycles. The lowest BCUT2D eigenvalue weighted by molar-refractivity contribution is 0.972. The lowest BCUT2D eigenvalue weighted by Gasteiger charge is -1.99. The van der Waals surface area contributed by atoms with Crippen LogP contribution in [0.25, 0.3) is 10.9 Å². The van der Waals surface area contributed by atoms with E-state index in [2.05, 4.69) is 67.9 Å². The van der Waals surface area contributed by atoms with Gasteiger partial charge in [-0.25, -0.2) is 10.5 Å². The molecular weight excluding hydrogens is 344 g/mol. The maximum atomic E-state index is 4.39. The predicted molar refractivity (Wildman–Crippen MR) is 107 cm³/mol. The van der Waals surface area contributed by atoms with Crippen molar-refractivity contribution in [1.29, 1.82) is 0 Å². The maximum Gasteiger partial charge on any atom is 0.240 e. The molecule has 0 bridgehead atoms. The molecule has 0 aliphatic rings. The molecule has 2 aromatic heterocycles. The Morgan fingerprint density at radius 3 is 3.04 bits per heavy atom. The normalized spacial score (nSPS) is 11.4. The number of anilines is 1. The summed E-state index contributed by atoms with van der Waals surface area (Å²) in [6.45, 7) is 2.09. The molecule has 0 atom stereocenters. The number of thioether (sulfide) groups is 1. The van der Waals surface area contributed by atoms with Crippen molar-refractivity contribution in [2.45, 2.75) is 17.8 Å². The van der Waals surface area contributed by atoms with E-state index < -0.39 is 0 Å². The SMILES string of the molecule is Cc1cccc(CSc2n[nH]c(N/N=C/c3c[nH]c4ccccc34)n2)c1. The van der Waals surface area contributed by atoms with Gasteiger partial charge in [-0.1, -0.05) is 59.8 Å². The van der Waals surface area contributed by atoms with Crippen molar-refractivity contribution in [3.05, 3.63) is 71.4 Å². The number of H-pyrrole nitrogens is 2. The number of fused-ring (bicyclic) bond motifs is 1. The molecule has 0 amide bonds. The van der Waals surface area contributed by atoms with Crippen LogP contribution in [0.5, 0.6) is 0 Å². The van der Waals surface area contributed by atoms with E-state index in [0.717, 1.165) is 22.2 Å². The van der Waals surface area contributed by atoms with Crippen LogP contribution in [0.2, 0.25) is 0 Å². The van der Waals surface area contributed by atoms with Crippen molar-refractivity contribution in [2.24, 2.45) is 5.10 Å². The Hall–Kier alpha value is -3.06. The Morgan fingerprint density at radius 1 is 1.19 bits per heavy atom. The number of benzene rings is 2. The van der Waals surface area contributed by atoms with Crippen molar-refractivity contribution in [2.75, 3.05) is 5.43 Å². The van der Waals surface area contributed by atoms with E-state index >= 15 is 0 Å². The van der Waals surface area contributed by atoms with Crippen LogP contribution in [-0.4, -0.2) is 26.4 Å². The summed E-state index contributed by atoms with van der Waals surface area (Å²) in [6, 6.07) is 16.5. The van der Waals surface area contributed by atoms with Gasteiger partial charge in [0.15, 0.2) is 0 Å². The Morgan fingerprint density at radius 2 is 2.12 bits per heavy atom. The monoisotopic (exact) mass is 362 g/mol. The van der Waals surface area contributed by atoms with Crippen molar-refractivity contribution in [3.8, 4) is 0 Å². The highest BCUT2D eigenvalue weighted by Crippen LogP contribution is 2.20. The number of hydrogen-bond acceptors (Lipinski definition) is 5. The zero-order chi connectivity index (χ0) is 17.8. The van der Waals surface area contributed by atoms with E-state index in [0.29, 0.717) is 11.1 Å². The van der Waals surface area contributed by atoms with Crippen molar-refractivity contribution >= 4 is 34.8 Å². The fourth-order valence-electron chi connectivity index (χ4n) is 2.67. The zero-order valence-electron chi connectivity index (χ0n) is 14.2. The van der Waals surface area contributed by atoms with E-state index in [1.807, 2.05) is 24.4 Å². The first-order valence-corrected chi connectivity index (χ1v) is 9.22. The number of para-hydroxylation sites is 1. The van der Waals surface area contributed by atoms with Crippen LogP contribution in [0.3, 0.4) is 0 Å². The molecule has 0 aliphatic carbocycles. The smallest absolute Gasteiger partial charge is 0.240 e. The second kappa shape index (κ2) is 7.45. The van der Waals surface area contributed by atoms with Crippen LogP contribution in [0.15, 0.2) is 65.0 Å². The summed E-state index contributed by atoms with van der Waals surface area (Å²) in [5.41, 5.74) is 7.50. The molecule has 0 saturated heterocycles. The highest BCUT2D eigenvalue weighted by atomic mass is 32.2. The van der Waals surface area contributed by atoms with Crippen LogP contribution < -0.4 is 5.43 Å². The van der Waals surface area contributed by atoms with Crippen molar-refractivity contribution in [1.82, 2.24) is 20.2 Å². The molecule has 0 fully saturated rings. The summed E-state index contributed by atoms with van der Waals surface area (Å²) in [4.78, 5) is 7.61. The summed E-state index contributed by atoms with van der Waals surface area (Å²) in [5, 5.41) is 13.1. The Bertz CT molecular complexity index is 1050. The van der Waals surface area contributed by atoms with Crippen LogP contribution in [0.4, 0.5) is 5.95 Å². The number of rotatable bonds is 6. The first-order valence-electron chi connectivity index (χ1n) is 8.24. The van der Waals surface area contributed by atoms with Crippen molar-refractivity contribution < 1.29 is 0 Å². The average Bonchev–Trinajstić information content (AvgIpc) is 3.28. The van der Waals surface area contributed by atoms with E-state index in [1.54, 1.807) is 18.0 Å². The minimum Gasteiger partial charge on any atom is -0.361 e. The van der Waals surface area contributed by atoms with Crippen molar-refractivity contribution in [3.63, 3.8) is 0 Å². The maximum absolute atomic E-state index is 4.39. The summed E-state index contributed by atoms with van der Waals surface area (Å²) in [6.07, 6.45) is 3.69. The molecule has 0 spiro atoms. The number of hydrazone groups is 1. The van der Waals surface area contributed by atoms with Gasteiger partial charge in [-0.3, -0.25) is 0 Å². The van der Waals surface area contributed by atoms with E-state index in [-0.39, 0.29) is 0 Å². The fraction of sp³-hybridized carbons (Fsp3) is 0.105. The number of aryl methyl sites for hydroxylation is 1. The molecule has 0 radical (unpaired) electrons. The molecule has 0 unspecified atom stereocenters. The number of aromatic amines is 2. The molecule has 4 rings (SSSR count). The zero-order valence-corrected chi connectivity index (χ0v) is 15.0. The van der Waals surface area contributed by atoms with Gasteiger partial charge >= 0.3 is 0 Å². The van der Waals surface area contributed by atoms with E-state index in [9.17, 15) is 0 Å². The number of aromatic nitrogens is 4. The molecule has 3 N–H and O–H groups in total. The van der Waals surface area contributed by atoms with Crippen LogP contribution in [0.1, 0.15) is 16.7 Å². The standard InChI is InChI=1S/C19H18N6S/c1-13-5-4-6-14(9-13)12-26-19-22-18(24-25-19)23-21-11-15-10-20-17-8-3-2-7-16(15)17/h2-11,20H,12H2,1H3,(H2,22,23,24,25)/b21-11+. The minimum atomic E-state index is 0.521. The number of nitrogens with zero attached hydrogens (tertiary/aromatic N) is 3. The quantitative estimate of drug-likeness (QED) is 0.271. The molecule has 0 saturated carbocycles. The molecule has 4 aromatic rings. The van der Waals surface area contributed by atoms with Gasteiger partial charge in [0.05, 0.1) is 6.21 Å². The number of hydrogen-bond donors (Lipinski definition) is 3. The second-order valence-electron chi connectivity index (χ2n) is 5.90. The first kappa shape index (κ1) is 16.4. The highest BCUT2D eigenvalue weighted by molar-refractivity contribution is 7.98. The minimum absolute atomic E-state index is 0.521. The molecular formula is C19H18N6S. The lowest BCUT2D eigenvalue weighted by atomic mass is 10.2. The predicted octanol–water partition coefficient (Wildman–Crippen LogP) is 4.33. The third-order valence-electron chi connectivity index (χ3n) is 3.91. The second-order valence-corrected chi connectivity index (χ2v) is 6.85. The van der Waals surface area contributed by atoms with Gasteiger partial charge in [0.1, 0.15) is 0 Å². The molecule has 2 heterocycles. The topological polar surface area (TPSA) is 81.8 Å². The number of nitrogens with one attached hydrogen (secondary N) is 3. The van der Waals surface area contributed by atoms with Gasteiger partial charge in [0.2, 0.25) is 11.1 Å². The highest BCUT2D eigenvalue weighted by Gasteiger charge is 2.04. The van der Waals surface area contributed by atoms with Gasteiger partial charge in [0, 0.05) is 28.4 Å². The Labute approximate surface area is 155 Å². The molecule has 6 nitrogen and oxygen atoms in total. The van der Waals surface area contributed by atoms with Gasteiger partial charge in [-0.15, -0.1) is 5.10 Å². The largest absolute Gasteiger partial charge is 0.361 e. The summed E-state index contributed by atoms with van der Waals surface area (Å²) in [5.74, 6) is 1.35. The lowest BCUT2D eigenvalue weighted by Crippen LogP contribution is -1.92. The molecule has 26 heavy (non-hydrogen) atoms. The third kappa shape index (κ3) is 3.78. The molecule has 0 aliphatic heterocycles. The Balaban J connectivity index is 1.36. The van der Waals surface area contributed by atoms with Crippen LogP contribution >= 0.6 is 11.8 Å². The third-order valence-corrected chi connectivity index (χ3v) is 4.83. The summed E-state index contributed by atoms with van der Waals surface area (Å²) >= 11 is 1.59. The Kier molecular flexibility index (Phi) is 4.70. The first-order chi connectivity index (χ1) is 12.8. The summed E-state index contributed by atoms with van der Waals surface area (Å²) in [7, 11) is 0. The molecule has 130 valence electrons. The van der Waals surface area contributed by atoms with Crippen LogP contribution in [-0.2, 0) is 5.75 Å². The van der Waals surface area contributed by atoms with Gasteiger partial charge in [-0.2, -0.15) is 10.1 Å². The van der Waals surface area contributed by atoms with E-state index in [4.69, 9.17) is 0 Å². The average molecular weight is 362 g/mol. The van der Waals surface area contributed by atoms with Gasteiger partial charge in [-0.05, 0) is 18.6 Å².